The van der Waals surface area contributed by atoms with Crippen LogP contribution >= 0.6 is 0 Å². The molecule has 0 unspecified atom stereocenters. The molecule has 7 aromatic carbocycles. The SMILES string of the molecule is Cc1nc(C)nc(-c2ccc3c4ccc(-c5nc(C)nc(C)n5)cc4n(-c4c(-c5nc(-c6ccccc6)cc(-c6ccccc6)n5)cc(C#N)cc4-c4nc(-c5ccccc5)cc(-c5ccccc5)n4)c3c2)n1. The van der Waals surface area contributed by atoms with E-state index in [0.717, 1.165) is 55.2 Å². The molecule has 0 spiro atoms. The van der Waals surface area contributed by atoms with Crippen molar-refractivity contribution in [3.05, 3.63) is 211 Å². The van der Waals surface area contributed by atoms with Gasteiger partial charge in [-0.15, -0.1) is 0 Å². The highest BCUT2D eigenvalue weighted by molar-refractivity contribution is 6.12. The molecule has 0 fully saturated rings. The van der Waals surface area contributed by atoms with Crippen molar-refractivity contribution in [2.24, 2.45) is 0 Å². The second kappa shape index (κ2) is 18.4. The van der Waals surface area contributed by atoms with Crippen molar-refractivity contribution in [2.45, 2.75) is 27.7 Å². The Kier molecular flexibility index (Phi) is 11.1. The van der Waals surface area contributed by atoms with Gasteiger partial charge in [0.15, 0.2) is 23.3 Å². The van der Waals surface area contributed by atoms with Crippen molar-refractivity contribution in [3.8, 4) is 102 Å². The van der Waals surface area contributed by atoms with Crippen LogP contribution in [0.2, 0.25) is 0 Å². The van der Waals surface area contributed by atoms with E-state index in [9.17, 15) is 5.26 Å². The van der Waals surface area contributed by atoms with E-state index in [-0.39, 0.29) is 0 Å². The lowest BCUT2D eigenvalue weighted by Crippen LogP contribution is -2.07. The lowest BCUT2D eigenvalue weighted by molar-refractivity contribution is 0.928. The fraction of sp³-hybridized carbons (Fsp3) is 0.0656. The Labute approximate surface area is 420 Å². The van der Waals surface area contributed by atoms with E-state index in [1.807, 2.05) is 185 Å². The molecule has 12 aromatic rings. The number of nitrogens with zero attached hydrogens (tertiary/aromatic N) is 12. The van der Waals surface area contributed by atoms with Gasteiger partial charge in [-0.25, -0.2) is 49.8 Å². The summed E-state index contributed by atoms with van der Waals surface area (Å²) in [6, 6.07) is 63.1. The summed E-state index contributed by atoms with van der Waals surface area (Å²) in [5, 5.41) is 13.0. The summed E-state index contributed by atoms with van der Waals surface area (Å²) < 4.78 is 2.22. The Morgan fingerprint density at radius 2 is 0.658 bits per heavy atom. The molecule has 5 heterocycles. The third-order valence-electron chi connectivity index (χ3n) is 12.7. The zero-order valence-electron chi connectivity index (χ0n) is 40.2. The summed E-state index contributed by atoms with van der Waals surface area (Å²) in [5.74, 6) is 4.32. The molecule has 0 atom stereocenters. The Morgan fingerprint density at radius 1 is 0.329 bits per heavy atom. The first kappa shape index (κ1) is 44.2. The van der Waals surface area contributed by atoms with Crippen LogP contribution in [0.15, 0.2) is 182 Å². The largest absolute Gasteiger partial charge is 0.308 e. The molecule has 346 valence electrons. The van der Waals surface area contributed by atoms with Gasteiger partial charge in [-0.3, -0.25) is 0 Å². The molecule has 0 radical (unpaired) electrons. The normalized spacial score (nSPS) is 11.3. The maximum Gasteiger partial charge on any atom is 0.163 e. The van der Waals surface area contributed by atoms with Crippen molar-refractivity contribution in [3.63, 3.8) is 0 Å². The topological polar surface area (TPSA) is 158 Å². The fourth-order valence-corrected chi connectivity index (χ4v) is 9.47. The Bertz CT molecular complexity index is 3720. The van der Waals surface area contributed by atoms with Crippen molar-refractivity contribution in [2.75, 3.05) is 0 Å². The Morgan fingerprint density at radius 3 is 0.973 bits per heavy atom. The number of fused-ring (bicyclic) bond motifs is 3. The monoisotopic (exact) mass is 942 g/mol. The molecule has 0 N–H and O–H groups in total. The number of hydrogen-bond donors (Lipinski definition) is 0. The highest BCUT2D eigenvalue weighted by Gasteiger charge is 2.27. The van der Waals surface area contributed by atoms with Gasteiger partial charge in [0.1, 0.15) is 23.3 Å². The number of rotatable bonds is 9. The van der Waals surface area contributed by atoms with Gasteiger partial charge in [-0.05, 0) is 64.1 Å². The van der Waals surface area contributed by atoms with Gasteiger partial charge in [0.2, 0.25) is 0 Å². The minimum atomic E-state index is 0.369. The molecule has 0 bridgehead atoms. The number of hydrogen-bond acceptors (Lipinski definition) is 11. The Hall–Kier alpha value is -9.99. The number of benzene rings is 7. The van der Waals surface area contributed by atoms with Crippen LogP contribution in [0.1, 0.15) is 28.9 Å². The zero-order valence-corrected chi connectivity index (χ0v) is 40.2. The lowest BCUT2D eigenvalue weighted by atomic mass is 9.99. The summed E-state index contributed by atoms with van der Waals surface area (Å²) in [6.45, 7) is 7.48. The van der Waals surface area contributed by atoms with E-state index in [4.69, 9.17) is 39.9 Å². The first-order valence-corrected chi connectivity index (χ1v) is 23.8. The van der Waals surface area contributed by atoms with Crippen LogP contribution in [0.3, 0.4) is 0 Å². The second-order valence-corrected chi connectivity index (χ2v) is 17.7. The van der Waals surface area contributed by atoms with Crippen LogP contribution in [0.4, 0.5) is 0 Å². The third kappa shape index (κ3) is 8.51. The lowest BCUT2D eigenvalue weighted by Gasteiger charge is -2.20. The van der Waals surface area contributed by atoms with Crippen molar-refractivity contribution in [1.29, 1.82) is 5.26 Å². The standard InChI is InChI=1S/C61H42N12/c1-36-63-37(2)66-58(65-36)45-25-27-47-48-28-26-46(59-67-38(3)64-39(4)68-59)32-56(48)73(55(47)31-45)57-49(60-69-51(41-17-9-5-10-18-41)33-52(70-60)42-19-11-6-12-20-42)29-40(35-62)30-50(57)61-71-53(43-21-13-7-14-22-43)34-54(72-61)44-23-15-8-16-24-44/h5-34H,1-4H3. The summed E-state index contributed by atoms with van der Waals surface area (Å²) in [6.07, 6.45) is 0. The molecule has 12 rings (SSSR count). The van der Waals surface area contributed by atoms with Crippen molar-refractivity contribution < 1.29 is 0 Å². The summed E-state index contributed by atoms with van der Waals surface area (Å²) in [5.41, 5.74) is 11.8. The molecule has 0 saturated carbocycles. The van der Waals surface area contributed by atoms with Crippen LogP contribution in [0, 0.1) is 39.0 Å². The number of aromatic nitrogens is 11. The fourth-order valence-electron chi connectivity index (χ4n) is 9.47. The molecule has 0 saturated heterocycles. The molecule has 0 aliphatic rings. The predicted molar refractivity (Wildman–Crippen MR) is 286 cm³/mol. The summed E-state index contributed by atoms with van der Waals surface area (Å²) >= 11 is 0. The molecule has 12 heteroatoms. The second-order valence-electron chi connectivity index (χ2n) is 17.7. The molecule has 5 aromatic heterocycles. The van der Waals surface area contributed by atoms with E-state index in [2.05, 4.69) is 44.9 Å². The molecule has 0 amide bonds. The molecule has 73 heavy (non-hydrogen) atoms. The van der Waals surface area contributed by atoms with E-state index in [1.165, 1.54) is 0 Å². The molecule has 0 aliphatic heterocycles. The highest BCUT2D eigenvalue weighted by Crippen LogP contribution is 2.44. The van der Waals surface area contributed by atoms with Gasteiger partial charge in [0, 0.05) is 55.3 Å². The maximum atomic E-state index is 11.1. The summed E-state index contributed by atoms with van der Waals surface area (Å²) in [7, 11) is 0. The first-order chi connectivity index (χ1) is 35.7. The molecule has 12 nitrogen and oxygen atoms in total. The number of nitriles is 1. The van der Waals surface area contributed by atoms with Crippen LogP contribution in [-0.2, 0) is 0 Å². The zero-order chi connectivity index (χ0) is 49.6. The van der Waals surface area contributed by atoms with Gasteiger partial charge < -0.3 is 4.57 Å². The van der Waals surface area contributed by atoms with Crippen molar-refractivity contribution >= 4 is 21.8 Å². The summed E-state index contributed by atoms with van der Waals surface area (Å²) in [4.78, 5) is 49.9. The van der Waals surface area contributed by atoms with Gasteiger partial charge in [-0.2, -0.15) is 5.26 Å². The average molecular weight is 943 g/mol. The minimum Gasteiger partial charge on any atom is -0.308 e. The van der Waals surface area contributed by atoms with Crippen LogP contribution < -0.4 is 0 Å². The minimum absolute atomic E-state index is 0.369. The van der Waals surface area contributed by atoms with Crippen LogP contribution in [-0.4, -0.2) is 54.4 Å². The molecular formula is C61H42N12. The first-order valence-electron chi connectivity index (χ1n) is 23.8. The van der Waals surface area contributed by atoms with Gasteiger partial charge in [0.25, 0.3) is 0 Å². The predicted octanol–water partition coefficient (Wildman–Crippen LogP) is 13.2. The average Bonchev–Trinajstić information content (AvgIpc) is 3.75. The quantitative estimate of drug-likeness (QED) is 0.136. The molecule has 0 aliphatic carbocycles. The van der Waals surface area contributed by atoms with Crippen molar-refractivity contribution in [1.82, 2.24) is 54.4 Å². The highest BCUT2D eigenvalue weighted by atomic mass is 15.0. The molecular weight excluding hydrogens is 901 g/mol. The number of aryl methyl sites for hydroxylation is 4. The van der Waals surface area contributed by atoms with E-state index >= 15 is 0 Å². The van der Waals surface area contributed by atoms with E-state index < -0.39 is 0 Å². The van der Waals surface area contributed by atoms with Gasteiger partial charge in [-0.1, -0.05) is 146 Å². The third-order valence-corrected chi connectivity index (χ3v) is 12.7. The maximum absolute atomic E-state index is 11.1. The van der Waals surface area contributed by atoms with E-state index in [1.54, 1.807) is 0 Å². The van der Waals surface area contributed by atoms with Gasteiger partial charge >= 0.3 is 0 Å². The Balaban J connectivity index is 1.26. The van der Waals surface area contributed by atoms with E-state index in [0.29, 0.717) is 91.7 Å². The van der Waals surface area contributed by atoms with Crippen LogP contribution in [0.25, 0.3) is 118 Å². The smallest absolute Gasteiger partial charge is 0.163 e. The van der Waals surface area contributed by atoms with Gasteiger partial charge in [0.05, 0.1) is 51.1 Å². The van der Waals surface area contributed by atoms with Crippen LogP contribution in [0.5, 0.6) is 0 Å².